The van der Waals surface area contributed by atoms with E-state index < -0.39 is 5.54 Å². The molecule has 0 aliphatic carbocycles. The van der Waals surface area contributed by atoms with Crippen LogP contribution >= 0.6 is 0 Å². The molecule has 3 amide bonds. The molecule has 1 aliphatic heterocycles. The number of rotatable bonds is 8. The lowest BCUT2D eigenvalue weighted by atomic mass is 9.92. The fourth-order valence-electron chi connectivity index (χ4n) is 3.23. The molecule has 0 aromatic heterocycles. The molecule has 0 saturated carbocycles. The fourth-order valence-corrected chi connectivity index (χ4v) is 3.23. The predicted molar refractivity (Wildman–Crippen MR) is 105 cm³/mol. The van der Waals surface area contributed by atoms with Crippen molar-refractivity contribution in [3.8, 4) is 0 Å². The van der Waals surface area contributed by atoms with E-state index in [9.17, 15) is 9.59 Å². The van der Waals surface area contributed by atoms with E-state index in [1.54, 1.807) is 0 Å². The number of amides is 3. The molecule has 5 heteroatoms. The summed E-state index contributed by atoms with van der Waals surface area (Å²) in [5.41, 5.74) is 1.71. The van der Waals surface area contributed by atoms with E-state index in [-0.39, 0.29) is 11.9 Å². The number of benzene rings is 1. The molecule has 1 aromatic rings. The third-order valence-electron chi connectivity index (χ3n) is 5.05. The summed E-state index contributed by atoms with van der Waals surface area (Å²) in [7, 11) is 1.93. The van der Waals surface area contributed by atoms with Crippen LogP contribution in [0.3, 0.4) is 0 Å². The van der Waals surface area contributed by atoms with Gasteiger partial charge in [0, 0.05) is 6.54 Å². The Morgan fingerprint density at radius 1 is 1.12 bits per heavy atom. The lowest BCUT2D eigenvalue weighted by Gasteiger charge is -2.25. The van der Waals surface area contributed by atoms with Gasteiger partial charge < -0.3 is 5.32 Å². The van der Waals surface area contributed by atoms with E-state index in [0.29, 0.717) is 31.5 Å². The van der Waals surface area contributed by atoms with Crippen molar-refractivity contribution in [1.82, 2.24) is 15.1 Å². The summed E-state index contributed by atoms with van der Waals surface area (Å²) in [5, 5.41) is 2.89. The van der Waals surface area contributed by atoms with Crippen LogP contribution in [-0.4, -0.2) is 41.0 Å². The largest absolute Gasteiger partial charge is 0.326 e. The van der Waals surface area contributed by atoms with Crippen molar-refractivity contribution in [1.29, 1.82) is 0 Å². The Kier molecular flexibility index (Phi) is 6.45. The van der Waals surface area contributed by atoms with E-state index in [0.717, 1.165) is 6.42 Å². The summed E-state index contributed by atoms with van der Waals surface area (Å²) in [5.74, 6) is 0.892. The molecule has 2 rings (SSSR count). The predicted octanol–water partition coefficient (Wildman–Crippen LogP) is 3.95. The van der Waals surface area contributed by atoms with Crippen molar-refractivity contribution in [2.75, 3.05) is 13.7 Å². The second kappa shape index (κ2) is 8.21. The minimum absolute atomic E-state index is 0.120. The number of carbonyl (C=O) groups is 2. The standard InChI is InChI=1S/C21H33N3O2/c1-15(2)11-12-21(5)19(25)24(20(26)22-21)14-23(6)13-17-7-9-18(10-8-17)16(3)4/h7-10,15-16H,11-14H2,1-6H3,(H,22,26)/t21-/m1/s1. The third kappa shape index (κ3) is 4.85. The fraction of sp³-hybridized carbons (Fsp3) is 0.619. The molecule has 1 saturated heterocycles. The second-order valence-electron chi connectivity index (χ2n) is 8.48. The zero-order valence-corrected chi connectivity index (χ0v) is 17.0. The number of carbonyl (C=O) groups excluding carboxylic acids is 2. The highest BCUT2D eigenvalue weighted by atomic mass is 16.2. The molecular formula is C21H33N3O2. The monoisotopic (exact) mass is 359 g/mol. The van der Waals surface area contributed by atoms with Crippen LogP contribution in [0, 0.1) is 5.92 Å². The number of nitrogens with one attached hydrogen (secondary N) is 1. The molecule has 1 heterocycles. The maximum absolute atomic E-state index is 12.8. The van der Waals surface area contributed by atoms with Crippen LogP contribution < -0.4 is 5.32 Å². The first-order valence-electron chi connectivity index (χ1n) is 9.54. The summed E-state index contributed by atoms with van der Waals surface area (Å²) in [6, 6.07) is 8.23. The molecular weight excluding hydrogens is 326 g/mol. The number of nitrogens with zero attached hydrogens (tertiary/aromatic N) is 2. The minimum Gasteiger partial charge on any atom is -0.323 e. The van der Waals surface area contributed by atoms with E-state index in [1.807, 2.05) is 18.9 Å². The van der Waals surface area contributed by atoms with Crippen molar-refractivity contribution in [2.24, 2.45) is 5.92 Å². The zero-order chi connectivity index (χ0) is 19.5. The Morgan fingerprint density at radius 3 is 2.27 bits per heavy atom. The van der Waals surface area contributed by atoms with Crippen molar-refractivity contribution in [2.45, 2.75) is 65.5 Å². The van der Waals surface area contributed by atoms with Crippen LogP contribution in [0.2, 0.25) is 0 Å². The van der Waals surface area contributed by atoms with Gasteiger partial charge in [0.15, 0.2) is 0 Å². The van der Waals surface area contributed by atoms with Crippen molar-refractivity contribution >= 4 is 11.9 Å². The molecule has 1 atom stereocenters. The summed E-state index contributed by atoms with van der Waals surface area (Å²) in [4.78, 5) is 28.4. The lowest BCUT2D eigenvalue weighted by Crippen LogP contribution is -2.45. The Labute approximate surface area is 157 Å². The van der Waals surface area contributed by atoms with Crippen LogP contribution in [-0.2, 0) is 11.3 Å². The van der Waals surface area contributed by atoms with E-state index >= 15 is 0 Å². The topological polar surface area (TPSA) is 52.7 Å². The molecule has 1 aliphatic rings. The number of hydrogen-bond donors (Lipinski definition) is 1. The number of urea groups is 1. The van der Waals surface area contributed by atoms with E-state index in [2.05, 4.69) is 57.3 Å². The summed E-state index contributed by atoms with van der Waals surface area (Å²) in [6.07, 6.45) is 1.58. The van der Waals surface area contributed by atoms with E-state index in [4.69, 9.17) is 0 Å². The maximum Gasteiger partial charge on any atom is 0.326 e. The molecule has 0 unspecified atom stereocenters. The van der Waals surface area contributed by atoms with Gasteiger partial charge in [0.1, 0.15) is 5.54 Å². The average Bonchev–Trinajstić information content (AvgIpc) is 2.77. The highest BCUT2D eigenvalue weighted by Crippen LogP contribution is 2.25. The summed E-state index contributed by atoms with van der Waals surface area (Å²) in [6.45, 7) is 11.4. The second-order valence-corrected chi connectivity index (χ2v) is 8.48. The molecule has 5 nitrogen and oxygen atoms in total. The highest BCUT2D eigenvalue weighted by Gasteiger charge is 2.47. The van der Waals surface area contributed by atoms with Gasteiger partial charge in [0.2, 0.25) is 0 Å². The van der Waals surface area contributed by atoms with Gasteiger partial charge in [-0.1, -0.05) is 52.0 Å². The van der Waals surface area contributed by atoms with Crippen molar-refractivity contribution in [3.05, 3.63) is 35.4 Å². The van der Waals surface area contributed by atoms with Crippen LogP contribution in [0.25, 0.3) is 0 Å². The van der Waals surface area contributed by atoms with Crippen molar-refractivity contribution < 1.29 is 9.59 Å². The third-order valence-corrected chi connectivity index (χ3v) is 5.05. The number of imide groups is 1. The Morgan fingerprint density at radius 2 is 1.73 bits per heavy atom. The first-order chi connectivity index (χ1) is 12.1. The molecule has 26 heavy (non-hydrogen) atoms. The smallest absolute Gasteiger partial charge is 0.323 e. The van der Waals surface area contributed by atoms with Crippen molar-refractivity contribution in [3.63, 3.8) is 0 Å². The van der Waals surface area contributed by atoms with Crippen LogP contribution in [0.1, 0.15) is 64.5 Å². The van der Waals surface area contributed by atoms with Crippen LogP contribution in [0.4, 0.5) is 4.79 Å². The van der Waals surface area contributed by atoms with Gasteiger partial charge in [0.05, 0.1) is 6.67 Å². The van der Waals surface area contributed by atoms with Gasteiger partial charge in [-0.05, 0) is 49.8 Å². The zero-order valence-electron chi connectivity index (χ0n) is 17.0. The Bertz CT molecular complexity index is 639. The van der Waals surface area contributed by atoms with Crippen LogP contribution in [0.15, 0.2) is 24.3 Å². The Balaban J connectivity index is 1.96. The number of hydrogen-bond acceptors (Lipinski definition) is 3. The van der Waals surface area contributed by atoms with Gasteiger partial charge in [-0.15, -0.1) is 0 Å². The van der Waals surface area contributed by atoms with Crippen LogP contribution in [0.5, 0.6) is 0 Å². The molecule has 144 valence electrons. The first kappa shape index (κ1) is 20.4. The molecule has 1 fully saturated rings. The quantitative estimate of drug-likeness (QED) is 0.715. The SMILES string of the molecule is CC(C)CC[C@@]1(C)NC(=O)N(CN(C)Cc2ccc(C(C)C)cc2)C1=O. The molecule has 1 aromatic carbocycles. The molecule has 1 N–H and O–H groups in total. The first-order valence-corrected chi connectivity index (χ1v) is 9.54. The highest BCUT2D eigenvalue weighted by molar-refractivity contribution is 6.06. The normalized spacial score (nSPS) is 20.6. The van der Waals surface area contributed by atoms with Gasteiger partial charge in [-0.2, -0.15) is 0 Å². The molecule has 0 bridgehead atoms. The summed E-state index contributed by atoms with van der Waals surface area (Å²) >= 11 is 0. The van der Waals surface area contributed by atoms with Gasteiger partial charge in [0.25, 0.3) is 5.91 Å². The lowest BCUT2D eigenvalue weighted by molar-refractivity contribution is -0.132. The minimum atomic E-state index is -0.777. The van der Waals surface area contributed by atoms with E-state index in [1.165, 1.54) is 16.0 Å². The molecule has 0 radical (unpaired) electrons. The maximum atomic E-state index is 12.8. The average molecular weight is 360 g/mol. The summed E-state index contributed by atoms with van der Waals surface area (Å²) < 4.78 is 0. The van der Waals surface area contributed by atoms with Gasteiger partial charge in [-0.25, -0.2) is 9.69 Å². The van der Waals surface area contributed by atoms with Gasteiger partial charge in [-0.3, -0.25) is 9.69 Å². The molecule has 0 spiro atoms. The van der Waals surface area contributed by atoms with Gasteiger partial charge >= 0.3 is 6.03 Å². The Hall–Kier alpha value is -1.88.